The normalized spacial score (nSPS) is 16.3. The first-order valence-corrected chi connectivity index (χ1v) is 11.0. The Kier molecular flexibility index (Phi) is 7.04. The van der Waals surface area contributed by atoms with Gasteiger partial charge in [-0.2, -0.15) is 5.10 Å². The second-order valence-electron chi connectivity index (χ2n) is 8.18. The molecule has 2 N–H and O–H groups in total. The summed E-state index contributed by atoms with van der Waals surface area (Å²) in [4.78, 5) is 27.3. The van der Waals surface area contributed by atoms with E-state index in [-0.39, 0.29) is 18.2 Å². The zero-order chi connectivity index (χ0) is 23.2. The van der Waals surface area contributed by atoms with Crippen LogP contribution in [-0.2, 0) is 22.7 Å². The molecule has 8 nitrogen and oxygen atoms in total. The summed E-state index contributed by atoms with van der Waals surface area (Å²) < 4.78 is 7.12. The SMILES string of the molecule is COc1ccc(CN2CCNC(=O)[C@@H]2CC(=O)NCc2ccc(-n3cccn3)cc2)cc1C. The van der Waals surface area contributed by atoms with Gasteiger partial charge in [0.15, 0.2) is 0 Å². The van der Waals surface area contributed by atoms with Gasteiger partial charge < -0.3 is 15.4 Å². The third kappa shape index (κ3) is 5.59. The van der Waals surface area contributed by atoms with Crippen LogP contribution < -0.4 is 15.4 Å². The van der Waals surface area contributed by atoms with Gasteiger partial charge in [-0.3, -0.25) is 14.5 Å². The Morgan fingerprint density at radius 2 is 2.00 bits per heavy atom. The van der Waals surface area contributed by atoms with Crippen LogP contribution in [0.3, 0.4) is 0 Å². The summed E-state index contributed by atoms with van der Waals surface area (Å²) in [5, 5.41) is 10.0. The Hall–Kier alpha value is -3.65. The predicted octanol–water partition coefficient (Wildman–Crippen LogP) is 2.20. The number of amides is 2. The van der Waals surface area contributed by atoms with E-state index < -0.39 is 6.04 Å². The van der Waals surface area contributed by atoms with Gasteiger partial charge in [0, 0.05) is 38.6 Å². The lowest BCUT2D eigenvalue weighted by molar-refractivity contribution is -0.134. The minimum atomic E-state index is -0.497. The third-order valence-electron chi connectivity index (χ3n) is 5.86. The van der Waals surface area contributed by atoms with Crippen molar-refractivity contribution in [3.63, 3.8) is 0 Å². The van der Waals surface area contributed by atoms with Crippen LogP contribution in [0.4, 0.5) is 0 Å². The molecule has 2 aromatic carbocycles. The summed E-state index contributed by atoms with van der Waals surface area (Å²) in [5.41, 5.74) is 4.08. The molecule has 2 amide bonds. The third-order valence-corrected chi connectivity index (χ3v) is 5.86. The van der Waals surface area contributed by atoms with Crippen molar-refractivity contribution in [3.05, 3.63) is 77.6 Å². The van der Waals surface area contributed by atoms with Gasteiger partial charge in [0.05, 0.1) is 25.3 Å². The van der Waals surface area contributed by atoms with Crippen LogP contribution in [0.1, 0.15) is 23.1 Å². The molecule has 1 atom stereocenters. The molecule has 1 aliphatic rings. The molecule has 8 heteroatoms. The second-order valence-corrected chi connectivity index (χ2v) is 8.18. The van der Waals surface area contributed by atoms with Crippen LogP contribution >= 0.6 is 0 Å². The summed E-state index contributed by atoms with van der Waals surface area (Å²) >= 11 is 0. The van der Waals surface area contributed by atoms with E-state index in [2.05, 4.69) is 26.7 Å². The molecule has 1 aromatic heterocycles. The number of hydrogen-bond donors (Lipinski definition) is 2. The number of hydrogen-bond acceptors (Lipinski definition) is 5. The minimum absolute atomic E-state index is 0.106. The van der Waals surface area contributed by atoms with Gasteiger partial charge in [-0.05, 0) is 47.9 Å². The first kappa shape index (κ1) is 22.5. The highest BCUT2D eigenvalue weighted by Crippen LogP contribution is 2.21. The highest BCUT2D eigenvalue weighted by Gasteiger charge is 2.31. The van der Waals surface area contributed by atoms with Crippen molar-refractivity contribution in [1.82, 2.24) is 25.3 Å². The molecule has 1 saturated heterocycles. The van der Waals surface area contributed by atoms with Gasteiger partial charge in [-0.15, -0.1) is 0 Å². The Morgan fingerprint density at radius 3 is 2.70 bits per heavy atom. The summed E-state index contributed by atoms with van der Waals surface area (Å²) in [6.45, 7) is 4.28. The Labute approximate surface area is 193 Å². The number of carbonyl (C=O) groups excluding carboxylic acids is 2. The Balaban J connectivity index is 1.34. The van der Waals surface area contributed by atoms with Gasteiger partial charge >= 0.3 is 0 Å². The lowest BCUT2D eigenvalue weighted by Gasteiger charge is -2.34. The zero-order valence-electron chi connectivity index (χ0n) is 19.0. The lowest BCUT2D eigenvalue weighted by atomic mass is 10.0. The number of rotatable bonds is 8. The molecule has 0 aliphatic carbocycles. The van der Waals surface area contributed by atoms with Crippen molar-refractivity contribution >= 4 is 11.8 Å². The number of methoxy groups -OCH3 is 1. The van der Waals surface area contributed by atoms with Crippen molar-refractivity contribution < 1.29 is 14.3 Å². The fourth-order valence-electron chi connectivity index (χ4n) is 4.08. The highest BCUT2D eigenvalue weighted by atomic mass is 16.5. The first-order valence-electron chi connectivity index (χ1n) is 11.0. The van der Waals surface area contributed by atoms with Crippen LogP contribution in [0.25, 0.3) is 5.69 Å². The minimum Gasteiger partial charge on any atom is -0.496 e. The zero-order valence-corrected chi connectivity index (χ0v) is 19.0. The first-order chi connectivity index (χ1) is 16.0. The molecule has 0 unspecified atom stereocenters. The van der Waals surface area contributed by atoms with E-state index in [1.54, 1.807) is 18.0 Å². The molecule has 0 spiro atoms. The van der Waals surface area contributed by atoms with Gasteiger partial charge in [0.25, 0.3) is 0 Å². The van der Waals surface area contributed by atoms with Crippen molar-refractivity contribution in [1.29, 1.82) is 0 Å². The Morgan fingerprint density at radius 1 is 1.21 bits per heavy atom. The molecule has 0 saturated carbocycles. The number of nitrogens with one attached hydrogen (secondary N) is 2. The van der Waals surface area contributed by atoms with E-state index in [4.69, 9.17) is 4.74 Å². The Bertz CT molecular complexity index is 1100. The molecule has 0 radical (unpaired) electrons. The van der Waals surface area contributed by atoms with Crippen LogP contribution in [-0.4, -0.2) is 52.7 Å². The fraction of sp³-hybridized carbons (Fsp3) is 0.320. The number of benzene rings is 2. The van der Waals surface area contributed by atoms with E-state index >= 15 is 0 Å². The fourth-order valence-corrected chi connectivity index (χ4v) is 4.08. The van der Waals surface area contributed by atoms with Gasteiger partial charge in [0.2, 0.25) is 11.8 Å². The van der Waals surface area contributed by atoms with Gasteiger partial charge in [-0.1, -0.05) is 24.3 Å². The number of aryl methyl sites for hydroxylation is 1. The molecule has 33 heavy (non-hydrogen) atoms. The number of ether oxygens (including phenoxy) is 1. The van der Waals surface area contributed by atoms with Crippen molar-refractivity contribution in [2.45, 2.75) is 32.5 Å². The topological polar surface area (TPSA) is 88.5 Å². The molecule has 1 aliphatic heterocycles. The quantitative estimate of drug-likeness (QED) is 0.553. The number of aromatic nitrogens is 2. The van der Waals surface area contributed by atoms with Crippen molar-refractivity contribution in [2.24, 2.45) is 0 Å². The molecule has 172 valence electrons. The van der Waals surface area contributed by atoms with Crippen molar-refractivity contribution in [2.75, 3.05) is 20.2 Å². The van der Waals surface area contributed by atoms with Gasteiger partial charge in [-0.25, -0.2) is 4.68 Å². The molecule has 2 heterocycles. The van der Waals surface area contributed by atoms with E-state index in [1.807, 2.05) is 55.6 Å². The van der Waals surface area contributed by atoms with Crippen LogP contribution in [0.15, 0.2) is 60.9 Å². The average molecular weight is 448 g/mol. The maximum atomic E-state index is 12.7. The lowest BCUT2D eigenvalue weighted by Crippen LogP contribution is -2.56. The standard InChI is InChI=1S/C25H29N5O3/c1-18-14-20(6-9-23(18)33-2)17-29-13-11-26-25(32)22(29)15-24(31)27-16-19-4-7-21(8-5-19)30-12-3-10-28-30/h3-10,12,14,22H,11,13,15-17H2,1-2H3,(H,26,32)(H,27,31)/t22-/m0/s1. The van der Waals surface area contributed by atoms with E-state index in [0.29, 0.717) is 26.2 Å². The molecular formula is C25H29N5O3. The second kappa shape index (κ2) is 10.3. The number of piperazine rings is 1. The highest BCUT2D eigenvalue weighted by molar-refractivity contribution is 5.88. The largest absolute Gasteiger partial charge is 0.496 e. The number of nitrogens with zero attached hydrogens (tertiary/aromatic N) is 3. The van der Waals surface area contributed by atoms with E-state index in [0.717, 1.165) is 28.1 Å². The van der Waals surface area contributed by atoms with Crippen LogP contribution in [0.5, 0.6) is 5.75 Å². The monoisotopic (exact) mass is 447 g/mol. The molecule has 4 rings (SSSR count). The summed E-state index contributed by atoms with van der Waals surface area (Å²) in [5.74, 6) is 0.582. The van der Waals surface area contributed by atoms with Gasteiger partial charge in [0.1, 0.15) is 5.75 Å². The maximum Gasteiger partial charge on any atom is 0.237 e. The van der Waals surface area contributed by atoms with Crippen LogP contribution in [0.2, 0.25) is 0 Å². The molecule has 1 fully saturated rings. The average Bonchev–Trinajstić information content (AvgIpc) is 3.35. The maximum absolute atomic E-state index is 12.7. The summed E-state index contributed by atoms with van der Waals surface area (Å²) in [6, 6.07) is 15.2. The van der Waals surface area contributed by atoms with Crippen LogP contribution in [0, 0.1) is 6.92 Å². The van der Waals surface area contributed by atoms with Crippen molar-refractivity contribution in [3.8, 4) is 11.4 Å². The molecular weight excluding hydrogens is 418 g/mol. The molecule has 0 bridgehead atoms. The van der Waals surface area contributed by atoms with E-state index in [1.165, 1.54) is 0 Å². The summed E-state index contributed by atoms with van der Waals surface area (Å²) in [6.07, 6.45) is 3.73. The smallest absolute Gasteiger partial charge is 0.237 e. The van der Waals surface area contributed by atoms with E-state index in [9.17, 15) is 9.59 Å². The molecule has 3 aromatic rings. The number of carbonyl (C=O) groups is 2. The summed E-state index contributed by atoms with van der Waals surface area (Å²) in [7, 11) is 1.65. The predicted molar refractivity (Wildman–Crippen MR) is 125 cm³/mol.